The fraction of sp³-hybridized carbons (Fsp3) is 0.389. The van der Waals surface area contributed by atoms with E-state index in [0.717, 1.165) is 19.0 Å². The summed E-state index contributed by atoms with van der Waals surface area (Å²) in [5.41, 5.74) is -0.437. The molecule has 1 amide bonds. The predicted octanol–water partition coefficient (Wildman–Crippen LogP) is 3.23. The minimum absolute atomic E-state index is 0.0647. The number of aryl methyl sites for hydroxylation is 1. The number of carbonyl (C=O) groups is 1. The van der Waals surface area contributed by atoms with Gasteiger partial charge in [-0.3, -0.25) is 4.79 Å². The summed E-state index contributed by atoms with van der Waals surface area (Å²) < 4.78 is 39.4. The van der Waals surface area contributed by atoms with Crippen molar-refractivity contribution in [3.8, 4) is 0 Å². The molecule has 9 heteroatoms. The largest absolute Gasteiger partial charge is 0.418 e. The van der Waals surface area contributed by atoms with Crippen LogP contribution in [0.5, 0.6) is 0 Å². The summed E-state index contributed by atoms with van der Waals surface area (Å²) in [6.07, 6.45) is -3.74. The maximum absolute atomic E-state index is 13.1. The van der Waals surface area contributed by atoms with Gasteiger partial charge in [0.1, 0.15) is 5.69 Å². The quantitative estimate of drug-likeness (QED) is 0.721. The monoisotopic (exact) mass is 381 g/mol. The number of hydrogen-bond acceptors (Lipinski definition) is 5. The molecule has 1 heterocycles. The Hall–Kier alpha value is -2.68. The van der Waals surface area contributed by atoms with E-state index in [4.69, 9.17) is 0 Å². The second-order valence-corrected chi connectivity index (χ2v) is 6.30. The van der Waals surface area contributed by atoms with E-state index >= 15 is 0 Å². The molecule has 0 radical (unpaired) electrons. The van der Waals surface area contributed by atoms with Crippen LogP contribution in [0.15, 0.2) is 30.3 Å². The van der Waals surface area contributed by atoms with E-state index in [1.807, 2.05) is 19.0 Å². The van der Waals surface area contributed by atoms with Crippen LogP contribution < -0.4 is 10.6 Å². The van der Waals surface area contributed by atoms with Crippen molar-refractivity contribution in [2.45, 2.75) is 19.5 Å². The van der Waals surface area contributed by atoms with Crippen molar-refractivity contribution in [2.24, 2.45) is 0 Å². The normalized spacial score (nSPS) is 11.5. The Bertz CT molecular complexity index is 793. The Labute approximate surface area is 155 Å². The minimum atomic E-state index is -4.51. The van der Waals surface area contributed by atoms with Crippen LogP contribution in [0.3, 0.4) is 0 Å². The number of hydrogen-bond donors (Lipinski definition) is 2. The molecule has 2 N–H and O–H groups in total. The fourth-order valence-corrected chi connectivity index (χ4v) is 2.39. The van der Waals surface area contributed by atoms with Crippen LogP contribution in [0.2, 0.25) is 0 Å². The third-order valence-corrected chi connectivity index (χ3v) is 3.63. The van der Waals surface area contributed by atoms with Crippen molar-refractivity contribution in [3.63, 3.8) is 0 Å². The standard InChI is InChI=1S/C18H22F3N5O/c1-12-11-15(16(27)22-9-6-10-26(2)3)25-17(23-12)24-14-8-5-4-7-13(14)18(19,20)21/h4-5,7-8,11H,6,9-10H2,1-3H3,(H,22,27)(H,23,24,25). The molecule has 0 atom stereocenters. The average Bonchev–Trinajstić information content (AvgIpc) is 2.57. The molecule has 0 aliphatic rings. The molecule has 0 aliphatic carbocycles. The SMILES string of the molecule is Cc1cc(C(=O)NCCCN(C)C)nc(Nc2ccccc2C(F)(F)F)n1. The summed E-state index contributed by atoms with van der Waals surface area (Å²) in [6.45, 7) is 2.94. The molecule has 6 nitrogen and oxygen atoms in total. The van der Waals surface area contributed by atoms with Crippen molar-refractivity contribution in [1.29, 1.82) is 0 Å². The first-order valence-electron chi connectivity index (χ1n) is 8.38. The van der Waals surface area contributed by atoms with Gasteiger partial charge in [-0.25, -0.2) is 9.97 Å². The van der Waals surface area contributed by atoms with Crippen molar-refractivity contribution in [1.82, 2.24) is 20.2 Å². The molecule has 2 aromatic rings. The molecule has 0 saturated carbocycles. The number of nitrogens with zero attached hydrogens (tertiary/aromatic N) is 3. The molecule has 0 unspecified atom stereocenters. The molecule has 1 aromatic carbocycles. The predicted molar refractivity (Wildman–Crippen MR) is 97.0 cm³/mol. The van der Waals surface area contributed by atoms with Gasteiger partial charge in [0.15, 0.2) is 0 Å². The van der Waals surface area contributed by atoms with Gasteiger partial charge in [-0.05, 0) is 52.2 Å². The highest BCUT2D eigenvalue weighted by Gasteiger charge is 2.33. The molecular weight excluding hydrogens is 359 g/mol. The number of alkyl halides is 3. The number of halogens is 3. The second kappa shape index (κ2) is 8.81. The van der Waals surface area contributed by atoms with Crippen LogP contribution in [0.1, 0.15) is 28.2 Å². The lowest BCUT2D eigenvalue weighted by Crippen LogP contribution is -2.28. The van der Waals surface area contributed by atoms with Crippen LogP contribution in [0.25, 0.3) is 0 Å². The lowest BCUT2D eigenvalue weighted by Gasteiger charge is -2.14. The summed E-state index contributed by atoms with van der Waals surface area (Å²) in [5.74, 6) is -0.462. The van der Waals surface area contributed by atoms with Gasteiger partial charge in [0.2, 0.25) is 5.95 Å². The van der Waals surface area contributed by atoms with Gasteiger partial charge in [-0.15, -0.1) is 0 Å². The zero-order valence-corrected chi connectivity index (χ0v) is 15.4. The van der Waals surface area contributed by atoms with Gasteiger partial charge in [-0.2, -0.15) is 13.2 Å². The highest BCUT2D eigenvalue weighted by atomic mass is 19.4. The molecule has 0 aliphatic heterocycles. The Balaban J connectivity index is 2.15. The van der Waals surface area contributed by atoms with Crippen molar-refractivity contribution in [2.75, 3.05) is 32.5 Å². The lowest BCUT2D eigenvalue weighted by atomic mass is 10.1. The van der Waals surface area contributed by atoms with Crippen molar-refractivity contribution >= 4 is 17.5 Å². The van der Waals surface area contributed by atoms with Crippen LogP contribution in [0, 0.1) is 6.92 Å². The van der Waals surface area contributed by atoms with Crippen LogP contribution >= 0.6 is 0 Å². The number of benzene rings is 1. The first-order chi connectivity index (χ1) is 12.7. The lowest BCUT2D eigenvalue weighted by molar-refractivity contribution is -0.136. The first kappa shape index (κ1) is 20.6. The fourth-order valence-electron chi connectivity index (χ4n) is 2.39. The van der Waals surface area contributed by atoms with Gasteiger partial charge in [0, 0.05) is 12.2 Å². The highest BCUT2D eigenvalue weighted by molar-refractivity contribution is 5.92. The van der Waals surface area contributed by atoms with Crippen LogP contribution in [0.4, 0.5) is 24.8 Å². The molecule has 146 valence electrons. The molecule has 1 aromatic heterocycles. The van der Waals surface area contributed by atoms with E-state index in [2.05, 4.69) is 20.6 Å². The summed E-state index contributed by atoms with van der Waals surface area (Å²) in [5, 5.41) is 5.31. The van der Waals surface area contributed by atoms with Gasteiger partial charge in [-0.1, -0.05) is 12.1 Å². The smallest absolute Gasteiger partial charge is 0.351 e. The van der Waals surface area contributed by atoms with E-state index in [0.29, 0.717) is 12.2 Å². The summed E-state index contributed by atoms with van der Waals surface area (Å²) in [7, 11) is 3.87. The zero-order chi connectivity index (χ0) is 20.0. The van der Waals surface area contributed by atoms with Gasteiger partial charge in [0.25, 0.3) is 5.91 Å². The summed E-state index contributed by atoms with van der Waals surface area (Å²) in [4.78, 5) is 22.4. The Kier molecular flexibility index (Phi) is 6.73. The third kappa shape index (κ3) is 6.21. The van der Waals surface area contributed by atoms with Gasteiger partial charge >= 0.3 is 6.18 Å². The number of anilines is 2. The maximum Gasteiger partial charge on any atom is 0.418 e. The van der Waals surface area contributed by atoms with E-state index in [1.165, 1.54) is 24.3 Å². The summed E-state index contributed by atoms with van der Waals surface area (Å²) in [6, 6.07) is 6.53. The van der Waals surface area contributed by atoms with Crippen molar-refractivity contribution < 1.29 is 18.0 Å². The van der Waals surface area contributed by atoms with E-state index < -0.39 is 17.6 Å². The number of aromatic nitrogens is 2. The van der Waals surface area contributed by atoms with Gasteiger partial charge in [0.05, 0.1) is 11.3 Å². The van der Waals surface area contributed by atoms with Crippen LogP contribution in [-0.2, 0) is 6.18 Å². The van der Waals surface area contributed by atoms with Crippen molar-refractivity contribution in [3.05, 3.63) is 47.3 Å². The second-order valence-electron chi connectivity index (χ2n) is 6.30. The molecule has 0 bridgehead atoms. The Morgan fingerprint density at radius 1 is 1.19 bits per heavy atom. The maximum atomic E-state index is 13.1. The molecule has 27 heavy (non-hydrogen) atoms. The van der Waals surface area contributed by atoms with E-state index in [1.54, 1.807) is 6.92 Å². The Morgan fingerprint density at radius 2 is 1.89 bits per heavy atom. The average molecular weight is 381 g/mol. The highest BCUT2D eigenvalue weighted by Crippen LogP contribution is 2.35. The van der Waals surface area contributed by atoms with Gasteiger partial charge < -0.3 is 15.5 Å². The molecule has 0 saturated heterocycles. The zero-order valence-electron chi connectivity index (χ0n) is 15.4. The minimum Gasteiger partial charge on any atom is -0.351 e. The van der Waals surface area contributed by atoms with Crippen LogP contribution in [-0.4, -0.2) is 48.0 Å². The molecule has 0 spiro atoms. The van der Waals surface area contributed by atoms with E-state index in [9.17, 15) is 18.0 Å². The number of amides is 1. The molecule has 0 fully saturated rings. The number of rotatable bonds is 7. The topological polar surface area (TPSA) is 70.2 Å². The number of para-hydroxylation sites is 1. The number of nitrogens with one attached hydrogen (secondary N) is 2. The summed E-state index contributed by atoms with van der Waals surface area (Å²) >= 11 is 0. The number of carbonyl (C=O) groups excluding carboxylic acids is 1. The van der Waals surface area contributed by atoms with E-state index in [-0.39, 0.29) is 17.3 Å². The first-order valence-corrected chi connectivity index (χ1v) is 8.38. The molecule has 2 rings (SSSR count). The third-order valence-electron chi connectivity index (χ3n) is 3.63. The molecular formula is C18H22F3N5O. The Morgan fingerprint density at radius 3 is 2.56 bits per heavy atom.